The third kappa shape index (κ3) is 1.54. The number of halogens is 1. The van der Waals surface area contributed by atoms with Crippen LogP contribution in [-0.2, 0) is 6.61 Å². The molecule has 0 radical (unpaired) electrons. The molecule has 0 fully saturated rings. The van der Waals surface area contributed by atoms with Crippen LogP contribution in [0.3, 0.4) is 0 Å². The third-order valence-corrected chi connectivity index (χ3v) is 3.20. The Morgan fingerprint density at radius 1 is 1.46 bits per heavy atom. The lowest BCUT2D eigenvalue weighted by atomic mass is 10.2. The summed E-state index contributed by atoms with van der Waals surface area (Å²) in [6.07, 6.45) is 0. The Kier molecular flexibility index (Phi) is 2.23. The summed E-state index contributed by atoms with van der Waals surface area (Å²) in [5, 5.41) is 18.3. The van der Waals surface area contributed by atoms with Gasteiger partial charge in [0.25, 0.3) is 0 Å². The lowest BCUT2D eigenvalue weighted by Gasteiger charge is -1.98. The highest BCUT2D eigenvalue weighted by Crippen LogP contribution is 2.31. The average Bonchev–Trinajstić information content (AvgIpc) is 2.42. The third-order valence-electron chi connectivity index (χ3n) is 1.73. The Hall–Kier alpha value is -0.650. The van der Waals surface area contributed by atoms with E-state index in [0.717, 1.165) is 14.1 Å². The van der Waals surface area contributed by atoms with E-state index in [4.69, 9.17) is 5.11 Å². The van der Waals surface area contributed by atoms with Crippen molar-refractivity contribution in [1.82, 2.24) is 4.98 Å². The van der Waals surface area contributed by atoms with Gasteiger partial charge in [-0.15, -0.1) is 11.3 Å². The van der Waals surface area contributed by atoms with Gasteiger partial charge >= 0.3 is 0 Å². The first-order valence-corrected chi connectivity index (χ1v) is 5.20. The van der Waals surface area contributed by atoms with Gasteiger partial charge < -0.3 is 10.2 Å². The van der Waals surface area contributed by atoms with Crippen molar-refractivity contribution in [2.24, 2.45) is 0 Å². The van der Waals surface area contributed by atoms with Gasteiger partial charge in [-0.05, 0) is 22.0 Å². The molecule has 2 aromatic rings. The highest BCUT2D eigenvalue weighted by atomic mass is 79.9. The number of aromatic hydroxyl groups is 1. The molecule has 0 bridgehead atoms. The van der Waals surface area contributed by atoms with Gasteiger partial charge in [-0.3, -0.25) is 0 Å². The van der Waals surface area contributed by atoms with Crippen LogP contribution in [0.4, 0.5) is 0 Å². The number of aliphatic hydroxyl groups is 1. The predicted octanol–water partition coefficient (Wildman–Crippen LogP) is 2.26. The molecule has 0 unspecified atom stereocenters. The Morgan fingerprint density at radius 2 is 2.23 bits per heavy atom. The first kappa shape index (κ1) is 8.93. The Morgan fingerprint density at radius 3 is 2.92 bits per heavy atom. The first-order valence-electron chi connectivity index (χ1n) is 3.59. The molecule has 5 heteroatoms. The number of hydrogen-bond donors (Lipinski definition) is 2. The van der Waals surface area contributed by atoms with Crippen molar-refractivity contribution in [1.29, 1.82) is 0 Å². The van der Waals surface area contributed by atoms with E-state index in [0.29, 0.717) is 5.56 Å². The molecule has 0 amide bonds. The number of rotatable bonds is 1. The summed E-state index contributed by atoms with van der Waals surface area (Å²) < 4.78 is 1.73. The zero-order chi connectivity index (χ0) is 9.42. The van der Waals surface area contributed by atoms with Gasteiger partial charge in [-0.1, -0.05) is 0 Å². The van der Waals surface area contributed by atoms with Crippen LogP contribution in [-0.4, -0.2) is 15.2 Å². The van der Waals surface area contributed by atoms with Crippen molar-refractivity contribution >= 4 is 37.5 Å². The van der Waals surface area contributed by atoms with Gasteiger partial charge in [0.15, 0.2) is 3.92 Å². The lowest BCUT2D eigenvalue weighted by molar-refractivity contribution is 0.276. The number of hydrogen-bond acceptors (Lipinski definition) is 4. The van der Waals surface area contributed by atoms with Crippen molar-refractivity contribution < 1.29 is 10.2 Å². The van der Waals surface area contributed by atoms with E-state index in [1.807, 2.05) is 0 Å². The number of aromatic nitrogens is 1. The minimum Gasteiger partial charge on any atom is -0.507 e. The van der Waals surface area contributed by atoms with E-state index in [2.05, 4.69) is 20.9 Å². The molecule has 68 valence electrons. The predicted molar refractivity (Wildman–Crippen MR) is 54.9 cm³/mol. The van der Waals surface area contributed by atoms with Crippen LogP contribution in [0.1, 0.15) is 5.56 Å². The second-order valence-corrected chi connectivity index (χ2v) is 4.88. The Labute approximate surface area is 86.8 Å². The van der Waals surface area contributed by atoms with Crippen molar-refractivity contribution in [3.63, 3.8) is 0 Å². The Bertz CT molecular complexity index is 455. The molecule has 0 saturated carbocycles. The first-order chi connectivity index (χ1) is 6.20. The van der Waals surface area contributed by atoms with Crippen LogP contribution < -0.4 is 0 Å². The van der Waals surface area contributed by atoms with Crippen molar-refractivity contribution in [2.45, 2.75) is 6.61 Å². The standard InChI is InChI=1S/C8H6BrNO2S/c9-8-10-5-2-6(12)4(3-11)1-7(5)13-8/h1-2,11-12H,3H2. The molecule has 2 rings (SSSR count). The fourth-order valence-electron chi connectivity index (χ4n) is 1.10. The SMILES string of the molecule is OCc1cc2sc(Br)nc2cc1O. The molecule has 0 spiro atoms. The second kappa shape index (κ2) is 3.25. The van der Waals surface area contributed by atoms with E-state index in [1.165, 1.54) is 11.3 Å². The molecule has 0 saturated heterocycles. The molecule has 3 nitrogen and oxygen atoms in total. The summed E-state index contributed by atoms with van der Waals surface area (Å²) in [5.74, 6) is 0.0906. The van der Waals surface area contributed by atoms with Gasteiger partial charge in [0.1, 0.15) is 5.75 Å². The summed E-state index contributed by atoms with van der Waals surface area (Å²) in [5.41, 5.74) is 1.27. The molecule has 0 atom stereocenters. The van der Waals surface area contributed by atoms with Crippen molar-refractivity contribution in [3.05, 3.63) is 21.6 Å². The van der Waals surface area contributed by atoms with Gasteiger partial charge in [0.2, 0.25) is 0 Å². The molecular weight excluding hydrogens is 254 g/mol. The van der Waals surface area contributed by atoms with Crippen LogP contribution in [0.25, 0.3) is 10.2 Å². The van der Waals surface area contributed by atoms with Crippen LogP contribution in [0.5, 0.6) is 5.75 Å². The van der Waals surface area contributed by atoms with E-state index >= 15 is 0 Å². The molecule has 0 aliphatic carbocycles. The molecule has 1 aromatic heterocycles. The molecule has 1 aromatic carbocycles. The van der Waals surface area contributed by atoms with E-state index in [9.17, 15) is 5.11 Å². The van der Waals surface area contributed by atoms with Crippen LogP contribution >= 0.6 is 27.3 Å². The average molecular weight is 260 g/mol. The minimum absolute atomic E-state index is 0.0906. The molecule has 0 aliphatic heterocycles. The molecule has 1 heterocycles. The minimum atomic E-state index is -0.155. The fraction of sp³-hybridized carbons (Fsp3) is 0.125. The molecule has 0 aliphatic rings. The number of thiazole rings is 1. The van der Waals surface area contributed by atoms with Crippen molar-refractivity contribution in [2.75, 3.05) is 0 Å². The normalized spacial score (nSPS) is 10.9. The highest BCUT2D eigenvalue weighted by molar-refractivity contribution is 9.11. The van der Waals surface area contributed by atoms with Crippen LogP contribution in [0.2, 0.25) is 0 Å². The van der Waals surface area contributed by atoms with Gasteiger partial charge in [-0.25, -0.2) is 4.98 Å². The number of nitrogens with zero attached hydrogens (tertiary/aromatic N) is 1. The van der Waals surface area contributed by atoms with E-state index < -0.39 is 0 Å². The molecule has 13 heavy (non-hydrogen) atoms. The number of fused-ring (bicyclic) bond motifs is 1. The Balaban J connectivity index is 2.72. The van der Waals surface area contributed by atoms with E-state index in [1.54, 1.807) is 12.1 Å². The van der Waals surface area contributed by atoms with Gasteiger partial charge in [0.05, 0.1) is 16.8 Å². The van der Waals surface area contributed by atoms with Crippen LogP contribution in [0, 0.1) is 0 Å². The zero-order valence-electron chi connectivity index (χ0n) is 6.49. The fourth-order valence-corrected chi connectivity index (χ4v) is 2.55. The zero-order valence-corrected chi connectivity index (χ0v) is 8.89. The topological polar surface area (TPSA) is 53.4 Å². The number of aliphatic hydroxyl groups excluding tert-OH is 1. The molecular formula is C8H6BrNO2S. The lowest BCUT2D eigenvalue weighted by Crippen LogP contribution is -1.83. The summed E-state index contributed by atoms with van der Waals surface area (Å²) in [7, 11) is 0. The van der Waals surface area contributed by atoms with Crippen LogP contribution in [0.15, 0.2) is 16.0 Å². The number of benzene rings is 1. The summed E-state index contributed by atoms with van der Waals surface area (Å²) in [6, 6.07) is 3.30. The van der Waals surface area contributed by atoms with E-state index in [-0.39, 0.29) is 12.4 Å². The maximum Gasteiger partial charge on any atom is 0.160 e. The molecule has 2 N–H and O–H groups in total. The maximum atomic E-state index is 9.41. The highest BCUT2D eigenvalue weighted by Gasteiger charge is 2.06. The largest absolute Gasteiger partial charge is 0.507 e. The second-order valence-electron chi connectivity index (χ2n) is 2.57. The maximum absolute atomic E-state index is 9.41. The smallest absolute Gasteiger partial charge is 0.160 e. The van der Waals surface area contributed by atoms with Gasteiger partial charge in [-0.2, -0.15) is 0 Å². The monoisotopic (exact) mass is 259 g/mol. The van der Waals surface area contributed by atoms with Gasteiger partial charge in [0, 0.05) is 11.6 Å². The number of phenols is 1. The quantitative estimate of drug-likeness (QED) is 0.826. The summed E-state index contributed by atoms with van der Waals surface area (Å²) >= 11 is 4.73. The summed E-state index contributed by atoms with van der Waals surface area (Å²) in [6.45, 7) is -0.155. The summed E-state index contributed by atoms with van der Waals surface area (Å²) in [4.78, 5) is 4.14. The van der Waals surface area contributed by atoms with Crippen molar-refractivity contribution in [3.8, 4) is 5.75 Å².